The SMILES string of the molecule is COc1ccccc1NC(=O)[C@H](C)OC(=O)CN(C)S(=O)(=O)c1ccc(NC(C)=O)cc1. The fourth-order valence-electron chi connectivity index (χ4n) is 2.63. The van der Waals surface area contributed by atoms with E-state index in [0.717, 1.165) is 4.31 Å². The molecule has 32 heavy (non-hydrogen) atoms. The van der Waals surface area contributed by atoms with E-state index in [0.29, 0.717) is 17.1 Å². The minimum absolute atomic E-state index is 0.0659. The van der Waals surface area contributed by atoms with Crippen LogP contribution in [0.4, 0.5) is 11.4 Å². The molecule has 0 saturated heterocycles. The van der Waals surface area contributed by atoms with Gasteiger partial charge in [0.05, 0.1) is 17.7 Å². The van der Waals surface area contributed by atoms with Crippen molar-refractivity contribution in [3.8, 4) is 5.75 Å². The van der Waals surface area contributed by atoms with Crippen LogP contribution < -0.4 is 15.4 Å². The number of esters is 1. The topological polar surface area (TPSA) is 131 Å². The third kappa shape index (κ3) is 6.53. The van der Waals surface area contributed by atoms with Gasteiger partial charge >= 0.3 is 5.97 Å². The van der Waals surface area contributed by atoms with E-state index in [2.05, 4.69) is 10.6 Å². The lowest BCUT2D eigenvalue weighted by Gasteiger charge is -2.19. The maximum Gasteiger partial charge on any atom is 0.322 e. The Morgan fingerprint density at radius 3 is 2.25 bits per heavy atom. The van der Waals surface area contributed by atoms with Crippen molar-refractivity contribution in [3.63, 3.8) is 0 Å². The number of nitrogens with one attached hydrogen (secondary N) is 2. The highest BCUT2D eigenvalue weighted by molar-refractivity contribution is 7.89. The number of para-hydroxylation sites is 2. The van der Waals surface area contributed by atoms with Crippen molar-refractivity contribution >= 4 is 39.2 Å². The van der Waals surface area contributed by atoms with E-state index in [4.69, 9.17) is 9.47 Å². The lowest BCUT2D eigenvalue weighted by molar-refractivity contribution is -0.153. The summed E-state index contributed by atoms with van der Waals surface area (Å²) in [5, 5.41) is 5.13. The number of anilines is 2. The van der Waals surface area contributed by atoms with Crippen molar-refractivity contribution in [2.24, 2.45) is 0 Å². The second-order valence-electron chi connectivity index (χ2n) is 6.79. The van der Waals surface area contributed by atoms with Crippen LogP contribution in [0.1, 0.15) is 13.8 Å². The lowest BCUT2D eigenvalue weighted by Crippen LogP contribution is -2.37. The molecular formula is C21H25N3O7S. The molecular weight excluding hydrogens is 438 g/mol. The van der Waals surface area contributed by atoms with E-state index in [1.54, 1.807) is 24.3 Å². The first kappa shape index (κ1) is 24.8. The summed E-state index contributed by atoms with van der Waals surface area (Å²) in [5.41, 5.74) is 0.846. The molecule has 2 aromatic rings. The van der Waals surface area contributed by atoms with Gasteiger partial charge in [0.1, 0.15) is 12.3 Å². The third-order valence-corrected chi connectivity index (χ3v) is 6.09. The molecule has 1 atom stereocenters. The number of carbonyl (C=O) groups is 3. The lowest BCUT2D eigenvalue weighted by atomic mass is 10.2. The summed E-state index contributed by atoms with van der Waals surface area (Å²) in [4.78, 5) is 35.5. The Morgan fingerprint density at radius 2 is 1.66 bits per heavy atom. The molecule has 0 spiro atoms. The Morgan fingerprint density at radius 1 is 1.03 bits per heavy atom. The zero-order valence-corrected chi connectivity index (χ0v) is 18.9. The molecule has 0 unspecified atom stereocenters. The Kier molecular flexibility index (Phi) is 8.33. The maximum absolute atomic E-state index is 12.7. The van der Waals surface area contributed by atoms with Gasteiger partial charge in [0, 0.05) is 19.7 Å². The maximum atomic E-state index is 12.7. The van der Waals surface area contributed by atoms with Gasteiger partial charge in [0.15, 0.2) is 6.10 Å². The molecule has 0 aromatic heterocycles. The van der Waals surface area contributed by atoms with Crippen LogP contribution in [0, 0.1) is 0 Å². The molecule has 0 bridgehead atoms. The van der Waals surface area contributed by atoms with Gasteiger partial charge in [-0.15, -0.1) is 0 Å². The Bertz CT molecular complexity index is 1080. The quantitative estimate of drug-likeness (QED) is 0.543. The predicted molar refractivity (Wildman–Crippen MR) is 118 cm³/mol. The summed E-state index contributed by atoms with van der Waals surface area (Å²) >= 11 is 0. The Balaban J connectivity index is 1.97. The first-order valence-electron chi connectivity index (χ1n) is 9.52. The van der Waals surface area contributed by atoms with Crippen molar-refractivity contribution in [1.82, 2.24) is 4.31 Å². The van der Waals surface area contributed by atoms with Crippen LogP contribution in [0.3, 0.4) is 0 Å². The van der Waals surface area contributed by atoms with Crippen LogP contribution in [0.2, 0.25) is 0 Å². The zero-order valence-electron chi connectivity index (χ0n) is 18.1. The van der Waals surface area contributed by atoms with Gasteiger partial charge in [-0.1, -0.05) is 12.1 Å². The molecule has 0 aliphatic carbocycles. The molecule has 172 valence electrons. The van der Waals surface area contributed by atoms with E-state index in [9.17, 15) is 22.8 Å². The Hall–Kier alpha value is -3.44. The van der Waals surface area contributed by atoms with Gasteiger partial charge in [-0.05, 0) is 43.3 Å². The van der Waals surface area contributed by atoms with E-state index >= 15 is 0 Å². The summed E-state index contributed by atoms with van der Waals surface area (Å²) < 4.78 is 36.4. The number of carbonyl (C=O) groups excluding carboxylic acids is 3. The number of hydrogen-bond donors (Lipinski definition) is 2. The second kappa shape index (κ2) is 10.7. The predicted octanol–water partition coefficient (Wildman–Crippen LogP) is 1.84. The first-order valence-corrected chi connectivity index (χ1v) is 11.0. The number of amides is 2. The highest BCUT2D eigenvalue weighted by Gasteiger charge is 2.26. The van der Waals surface area contributed by atoms with Crippen molar-refractivity contribution in [2.45, 2.75) is 24.8 Å². The third-order valence-electron chi connectivity index (χ3n) is 4.28. The van der Waals surface area contributed by atoms with Gasteiger partial charge < -0.3 is 20.1 Å². The molecule has 0 saturated carbocycles. The van der Waals surface area contributed by atoms with Crippen LogP contribution in [0.25, 0.3) is 0 Å². The molecule has 0 heterocycles. The molecule has 2 N–H and O–H groups in total. The van der Waals surface area contributed by atoms with Crippen LogP contribution in [0.15, 0.2) is 53.4 Å². The van der Waals surface area contributed by atoms with Crippen LogP contribution >= 0.6 is 0 Å². The van der Waals surface area contributed by atoms with Gasteiger partial charge in [-0.2, -0.15) is 4.31 Å². The summed E-state index contributed by atoms with van der Waals surface area (Å²) in [6.45, 7) is 2.11. The van der Waals surface area contributed by atoms with E-state index in [1.807, 2.05) is 0 Å². The summed E-state index contributed by atoms with van der Waals surface area (Å²) in [6.07, 6.45) is -1.17. The number of likely N-dealkylation sites (N-methyl/N-ethyl adjacent to an activating group) is 1. The molecule has 2 rings (SSSR count). The largest absolute Gasteiger partial charge is 0.495 e. The molecule has 10 nitrogen and oxygen atoms in total. The Labute approximate surface area is 186 Å². The van der Waals surface area contributed by atoms with Crippen LogP contribution in [-0.2, 0) is 29.1 Å². The highest BCUT2D eigenvalue weighted by Crippen LogP contribution is 2.23. The number of benzene rings is 2. The minimum Gasteiger partial charge on any atom is -0.495 e. The average molecular weight is 464 g/mol. The van der Waals surface area contributed by atoms with Crippen molar-refractivity contribution < 1.29 is 32.3 Å². The van der Waals surface area contributed by atoms with Gasteiger partial charge in [-0.25, -0.2) is 8.42 Å². The fraction of sp³-hybridized carbons (Fsp3) is 0.286. The number of sulfonamides is 1. The molecule has 0 aliphatic rings. The van der Waals surface area contributed by atoms with E-state index in [1.165, 1.54) is 52.3 Å². The summed E-state index contributed by atoms with van der Waals surface area (Å²) in [7, 11) is -1.31. The van der Waals surface area contributed by atoms with Gasteiger partial charge in [0.25, 0.3) is 5.91 Å². The number of rotatable bonds is 9. The number of hydrogen-bond acceptors (Lipinski definition) is 7. The zero-order chi connectivity index (χ0) is 23.9. The number of methoxy groups -OCH3 is 1. The smallest absolute Gasteiger partial charge is 0.322 e. The van der Waals surface area contributed by atoms with Crippen molar-refractivity contribution in [3.05, 3.63) is 48.5 Å². The minimum atomic E-state index is -3.99. The van der Waals surface area contributed by atoms with E-state index < -0.39 is 34.5 Å². The molecule has 2 amide bonds. The van der Waals surface area contributed by atoms with Crippen molar-refractivity contribution in [1.29, 1.82) is 0 Å². The van der Waals surface area contributed by atoms with Crippen LogP contribution in [-0.4, -0.2) is 57.3 Å². The second-order valence-corrected chi connectivity index (χ2v) is 8.83. The van der Waals surface area contributed by atoms with Gasteiger partial charge in [0.2, 0.25) is 15.9 Å². The first-order chi connectivity index (χ1) is 15.0. The fourth-order valence-corrected chi connectivity index (χ4v) is 3.75. The molecule has 0 fully saturated rings. The molecule has 0 aliphatic heterocycles. The average Bonchev–Trinajstić information content (AvgIpc) is 2.73. The molecule has 0 radical (unpaired) electrons. The normalized spacial score (nSPS) is 12.0. The number of nitrogens with zero attached hydrogens (tertiary/aromatic N) is 1. The highest BCUT2D eigenvalue weighted by atomic mass is 32.2. The van der Waals surface area contributed by atoms with Gasteiger partial charge in [-0.3, -0.25) is 14.4 Å². The van der Waals surface area contributed by atoms with E-state index in [-0.39, 0.29) is 10.8 Å². The van der Waals surface area contributed by atoms with Crippen LogP contribution in [0.5, 0.6) is 5.75 Å². The summed E-state index contributed by atoms with van der Waals surface area (Å²) in [6, 6.07) is 12.2. The number of ether oxygens (including phenoxy) is 2. The molecule has 2 aromatic carbocycles. The molecule has 11 heteroatoms. The summed E-state index contributed by atoms with van der Waals surface area (Å²) in [5.74, 6) is -1.34. The monoisotopic (exact) mass is 463 g/mol. The standard InChI is InChI=1S/C21H25N3O7S/c1-14(21(27)23-18-7-5-6-8-19(18)30-4)31-20(26)13-24(3)32(28,29)17-11-9-16(10-12-17)22-15(2)25/h5-12,14H,13H2,1-4H3,(H,22,25)(H,23,27)/t14-/m0/s1. The van der Waals surface area contributed by atoms with Crippen molar-refractivity contribution in [2.75, 3.05) is 31.3 Å².